The maximum absolute atomic E-state index is 4.12. The molecule has 0 bridgehead atoms. The van der Waals surface area contributed by atoms with Crippen molar-refractivity contribution in [3.63, 3.8) is 0 Å². The first kappa shape index (κ1) is 28.9. The maximum atomic E-state index is 4.12. The zero-order valence-electron chi connectivity index (χ0n) is 19.4. The van der Waals surface area contributed by atoms with Crippen LogP contribution in [0.25, 0.3) is 0 Å². The van der Waals surface area contributed by atoms with Crippen LogP contribution in [0.2, 0.25) is 18.1 Å². The number of halogens is 1. The Bertz CT molecular complexity index is 294. The van der Waals surface area contributed by atoms with Crippen LogP contribution in [0.3, 0.4) is 0 Å². The molecular weight excluding hydrogens is 398 g/mol. The van der Waals surface area contributed by atoms with Crippen LogP contribution in [-0.2, 0) is 0 Å². The lowest BCUT2D eigenvalue weighted by molar-refractivity contribution is 0.327. The van der Waals surface area contributed by atoms with E-state index in [4.69, 9.17) is 0 Å². The third kappa shape index (κ3) is 11.5. The summed E-state index contributed by atoms with van der Waals surface area (Å²) in [5.41, 5.74) is 1.10. The Balaban J connectivity index is 0. The predicted octanol–water partition coefficient (Wildman–Crippen LogP) is 8.68. The topological polar surface area (TPSA) is 12.0 Å². The van der Waals surface area contributed by atoms with Gasteiger partial charge in [0.15, 0.2) is 0 Å². The minimum atomic E-state index is -1.14. The second-order valence-electron chi connectivity index (χ2n) is 8.99. The normalized spacial score (nSPS) is 13.5. The van der Waals surface area contributed by atoms with E-state index < -0.39 is 8.07 Å². The number of hydrogen-bond donors (Lipinski definition) is 1. The fourth-order valence-electron chi connectivity index (χ4n) is 4.60. The number of unbranched alkanes of at least 4 members (excludes halogenated alkanes) is 8. The van der Waals surface area contributed by atoms with Crippen LogP contribution >= 0.6 is 17.0 Å². The molecule has 0 rings (SSSR count). The molecular formula is C23H52BrNSi. The van der Waals surface area contributed by atoms with Crippen LogP contribution in [0.4, 0.5) is 0 Å². The summed E-state index contributed by atoms with van der Waals surface area (Å²) in [6.45, 7) is 16.9. The number of hydrogen-bond acceptors (Lipinski definition) is 1. The first-order valence-corrected chi connectivity index (χ1v) is 14.4. The summed E-state index contributed by atoms with van der Waals surface area (Å²) in [7, 11) is -1.14. The van der Waals surface area contributed by atoms with E-state index in [2.05, 4.69) is 53.8 Å². The van der Waals surface area contributed by atoms with E-state index in [-0.39, 0.29) is 17.0 Å². The lowest BCUT2D eigenvalue weighted by Crippen LogP contribution is -2.59. The Kier molecular flexibility index (Phi) is 18.4. The van der Waals surface area contributed by atoms with Gasteiger partial charge in [0, 0.05) is 11.2 Å². The molecule has 0 aliphatic carbocycles. The van der Waals surface area contributed by atoms with Gasteiger partial charge < -0.3 is 5.32 Å². The summed E-state index contributed by atoms with van der Waals surface area (Å²) >= 11 is 0. The van der Waals surface area contributed by atoms with Crippen molar-refractivity contribution in [1.29, 1.82) is 0 Å². The molecule has 1 nitrogen and oxygen atoms in total. The summed E-state index contributed by atoms with van der Waals surface area (Å²) in [4.78, 5) is 0. The molecule has 0 fully saturated rings. The Labute approximate surface area is 178 Å². The standard InChI is InChI=1S/C23H51NSi.BrH/c1-8-13-14-15-16-17-18-19-20-21-23(6,7)24-22(9-2)25(10-3,11-4)12-5;/h22,24H,8-21H2,1-7H3;1H. The van der Waals surface area contributed by atoms with Gasteiger partial charge in [0.05, 0.1) is 8.07 Å². The van der Waals surface area contributed by atoms with Gasteiger partial charge in [-0.25, -0.2) is 0 Å². The van der Waals surface area contributed by atoms with E-state index in [0.29, 0.717) is 5.54 Å². The van der Waals surface area contributed by atoms with Gasteiger partial charge in [0.2, 0.25) is 0 Å². The number of nitrogens with one attached hydrogen (secondary N) is 1. The molecule has 0 aromatic heterocycles. The van der Waals surface area contributed by atoms with E-state index in [9.17, 15) is 0 Å². The highest BCUT2D eigenvalue weighted by Gasteiger charge is 2.37. The van der Waals surface area contributed by atoms with Crippen LogP contribution < -0.4 is 5.32 Å². The van der Waals surface area contributed by atoms with Crippen molar-refractivity contribution in [3.8, 4) is 0 Å². The molecule has 160 valence electrons. The third-order valence-corrected chi connectivity index (χ3v) is 13.0. The highest BCUT2D eigenvalue weighted by Crippen LogP contribution is 2.28. The molecule has 0 aliphatic heterocycles. The predicted molar refractivity (Wildman–Crippen MR) is 131 cm³/mol. The quantitative estimate of drug-likeness (QED) is 0.173. The summed E-state index contributed by atoms with van der Waals surface area (Å²) < 4.78 is 0. The zero-order chi connectivity index (χ0) is 19.2. The fourth-order valence-corrected chi connectivity index (χ4v) is 9.14. The van der Waals surface area contributed by atoms with Crippen molar-refractivity contribution in [2.75, 3.05) is 0 Å². The lowest BCUT2D eigenvalue weighted by atomic mass is 9.95. The van der Waals surface area contributed by atoms with Crippen LogP contribution in [0.5, 0.6) is 0 Å². The highest BCUT2D eigenvalue weighted by atomic mass is 79.9. The fraction of sp³-hybridized carbons (Fsp3) is 1.00. The zero-order valence-corrected chi connectivity index (χ0v) is 22.1. The van der Waals surface area contributed by atoms with Crippen molar-refractivity contribution in [1.82, 2.24) is 5.32 Å². The average molecular weight is 451 g/mol. The van der Waals surface area contributed by atoms with Gasteiger partial charge in [-0.1, -0.05) is 111 Å². The van der Waals surface area contributed by atoms with Crippen molar-refractivity contribution < 1.29 is 0 Å². The molecule has 0 saturated heterocycles. The highest BCUT2D eigenvalue weighted by molar-refractivity contribution is 8.93. The Morgan fingerprint density at radius 3 is 1.50 bits per heavy atom. The SMILES string of the molecule is Br.CCCCCCCCCCCC(C)(C)NC(CC)[Si](CC)(CC)CC. The van der Waals surface area contributed by atoms with Gasteiger partial charge in [-0.15, -0.1) is 17.0 Å². The molecule has 0 aromatic carbocycles. The molecule has 0 amide bonds. The molecule has 0 aliphatic rings. The van der Waals surface area contributed by atoms with Gasteiger partial charge in [0.25, 0.3) is 0 Å². The van der Waals surface area contributed by atoms with Crippen LogP contribution in [0, 0.1) is 0 Å². The monoisotopic (exact) mass is 449 g/mol. The summed E-state index contributed by atoms with van der Waals surface area (Å²) in [5.74, 6) is 0. The molecule has 1 N–H and O–H groups in total. The molecule has 0 aromatic rings. The Hall–Kier alpha value is 0.657. The maximum Gasteiger partial charge on any atom is 0.0718 e. The van der Waals surface area contributed by atoms with Crippen molar-refractivity contribution in [2.45, 2.75) is 148 Å². The van der Waals surface area contributed by atoms with E-state index in [1.54, 1.807) is 0 Å². The lowest BCUT2D eigenvalue weighted by Gasteiger charge is -2.42. The molecule has 1 unspecified atom stereocenters. The van der Waals surface area contributed by atoms with E-state index in [0.717, 1.165) is 5.67 Å². The summed E-state index contributed by atoms with van der Waals surface area (Å²) in [6, 6.07) is 4.29. The minimum Gasteiger partial charge on any atom is -0.312 e. The van der Waals surface area contributed by atoms with Crippen LogP contribution in [0.15, 0.2) is 0 Å². The third-order valence-electron chi connectivity index (χ3n) is 6.73. The molecule has 3 heteroatoms. The molecule has 26 heavy (non-hydrogen) atoms. The molecule has 1 atom stereocenters. The van der Waals surface area contributed by atoms with E-state index in [1.807, 2.05) is 0 Å². The second-order valence-corrected chi connectivity index (χ2v) is 14.5. The largest absolute Gasteiger partial charge is 0.312 e. The summed E-state index contributed by atoms with van der Waals surface area (Å²) in [6.07, 6.45) is 15.5. The molecule has 0 radical (unpaired) electrons. The first-order chi connectivity index (χ1) is 11.9. The average Bonchev–Trinajstić information content (AvgIpc) is 2.61. The number of rotatable bonds is 17. The van der Waals surface area contributed by atoms with Crippen LogP contribution in [0.1, 0.15) is 119 Å². The van der Waals surface area contributed by atoms with Gasteiger partial charge >= 0.3 is 0 Å². The van der Waals surface area contributed by atoms with Crippen LogP contribution in [-0.4, -0.2) is 19.3 Å². The van der Waals surface area contributed by atoms with Gasteiger partial charge in [-0.2, -0.15) is 0 Å². The molecule has 0 saturated carbocycles. The van der Waals surface area contributed by atoms with Gasteiger partial charge in [0.1, 0.15) is 0 Å². The van der Waals surface area contributed by atoms with Gasteiger partial charge in [-0.3, -0.25) is 0 Å². The van der Waals surface area contributed by atoms with Gasteiger partial charge in [-0.05, 0) is 26.7 Å². The minimum absolute atomic E-state index is 0. The smallest absolute Gasteiger partial charge is 0.0718 e. The van der Waals surface area contributed by atoms with Crippen molar-refractivity contribution in [3.05, 3.63) is 0 Å². The first-order valence-electron chi connectivity index (χ1n) is 11.7. The van der Waals surface area contributed by atoms with E-state index in [1.165, 1.54) is 88.8 Å². The second kappa shape index (κ2) is 16.6. The van der Waals surface area contributed by atoms with Crippen molar-refractivity contribution >= 4 is 25.1 Å². The van der Waals surface area contributed by atoms with Crippen molar-refractivity contribution in [2.24, 2.45) is 0 Å². The Morgan fingerprint density at radius 1 is 0.692 bits per heavy atom. The Morgan fingerprint density at radius 2 is 1.12 bits per heavy atom. The molecule has 0 heterocycles. The molecule has 0 spiro atoms. The van der Waals surface area contributed by atoms with E-state index >= 15 is 0 Å². The summed E-state index contributed by atoms with van der Waals surface area (Å²) in [5, 5.41) is 4.12.